The molecule has 1 amide bonds. The van der Waals surface area contributed by atoms with Gasteiger partial charge in [0.25, 0.3) is 5.91 Å². The van der Waals surface area contributed by atoms with E-state index < -0.39 is 0 Å². The first-order valence-corrected chi connectivity index (χ1v) is 6.68. The third kappa shape index (κ3) is 3.23. The molecule has 1 N–H and O–H groups in total. The van der Waals surface area contributed by atoms with E-state index in [0.29, 0.717) is 24.2 Å². The van der Waals surface area contributed by atoms with Crippen molar-refractivity contribution in [3.63, 3.8) is 0 Å². The normalized spacial score (nSPS) is 10.6. The highest BCUT2D eigenvalue weighted by atomic mass is 19.1. The maximum atomic E-state index is 13.4. The lowest BCUT2D eigenvalue weighted by Gasteiger charge is -2.04. The Morgan fingerprint density at radius 3 is 2.80 bits per heavy atom. The summed E-state index contributed by atoms with van der Waals surface area (Å²) in [6.07, 6.45) is 0.464. The second-order valence-electron chi connectivity index (χ2n) is 4.58. The average Bonchev–Trinajstić information content (AvgIpc) is 2.82. The first-order chi connectivity index (χ1) is 9.61. The number of carbonyl (C=O) groups excluding carboxylic acids is 1. The third-order valence-corrected chi connectivity index (χ3v) is 3.15. The standard InChI is InChI=1S/C15H18FN3O/c1-3-19-11(2)10-14(18-19)15(20)17-9-8-12-6-4-5-7-13(12)16/h4-7,10H,3,8-9H2,1-2H3,(H,17,20). The number of nitrogens with zero attached hydrogens (tertiary/aromatic N) is 2. The number of hydrogen-bond acceptors (Lipinski definition) is 2. The molecule has 4 nitrogen and oxygen atoms in total. The second kappa shape index (κ2) is 6.32. The number of hydrogen-bond donors (Lipinski definition) is 1. The molecule has 0 spiro atoms. The molecule has 20 heavy (non-hydrogen) atoms. The number of nitrogens with one attached hydrogen (secondary N) is 1. The van der Waals surface area contributed by atoms with Gasteiger partial charge in [-0.05, 0) is 38.0 Å². The summed E-state index contributed by atoms with van der Waals surface area (Å²) >= 11 is 0. The summed E-state index contributed by atoms with van der Waals surface area (Å²) in [6.45, 7) is 5.00. The smallest absolute Gasteiger partial charge is 0.271 e. The van der Waals surface area contributed by atoms with Crippen LogP contribution in [0.4, 0.5) is 4.39 Å². The van der Waals surface area contributed by atoms with Crippen LogP contribution in [0.25, 0.3) is 0 Å². The van der Waals surface area contributed by atoms with Gasteiger partial charge < -0.3 is 5.32 Å². The SMILES string of the molecule is CCn1nc(C(=O)NCCc2ccccc2F)cc1C. The Balaban J connectivity index is 1.91. The molecular formula is C15H18FN3O. The van der Waals surface area contributed by atoms with Crippen molar-refractivity contribution < 1.29 is 9.18 Å². The van der Waals surface area contributed by atoms with Crippen molar-refractivity contribution in [3.8, 4) is 0 Å². The first-order valence-electron chi connectivity index (χ1n) is 6.68. The molecule has 1 heterocycles. The summed E-state index contributed by atoms with van der Waals surface area (Å²) in [4.78, 5) is 11.9. The van der Waals surface area contributed by atoms with Gasteiger partial charge in [0.05, 0.1) is 0 Å². The minimum absolute atomic E-state index is 0.225. The fourth-order valence-electron chi connectivity index (χ4n) is 2.04. The van der Waals surface area contributed by atoms with Crippen LogP contribution >= 0.6 is 0 Å². The minimum atomic E-state index is -0.243. The Hall–Kier alpha value is -2.17. The maximum absolute atomic E-state index is 13.4. The highest BCUT2D eigenvalue weighted by molar-refractivity contribution is 5.92. The lowest BCUT2D eigenvalue weighted by molar-refractivity contribution is 0.0948. The Labute approximate surface area is 117 Å². The molecule has 0 saturated carbocycles. The van der Waals surface area contributed by atoms with Crippen LogP contribution in [0.15, 0.2) is 30.3 Å². The van der Waals surface area contributed by atoms with Gasteiger partial charge in [-0.25, -0.2) is 4.39 Å². The van der Waals surface area contributed by atoms with Gasteiger partial charge in [0.2, 0.25) is 0 Å². The molecule has 0 saturated heterocycles. The Morgan fingerprint density at radius 1 is 1.40 bits per heavy atom. The summed E-state index contributed by atoms with van der Waals surface area (Å²) in [5, 5.41) is 6.96. The molecular weight excluding hydrogens is 257 g/mol. The highest BCUT2D eigenvalue weighted by Crippen LogP contribution is 2.07. The van der Waals surface area contributed by atoms with Gasteiger partial charge in [-0.2, -0.15) is 5.10 Å². The third-order valence-electron chi connectivity index (χ3n) is 3.15. The molecule has 1 aromatic heterocycles. The zero-order chi connectivity index (χ0) is 14.5. The van der Waals surface area contributed by atoms with Crippen molar-refractivity contribution >= 4 is 5.91 Å². The van der Waals surface area contributed by atoms with Gasteiger partial charge in [0.15, 0.2) is 0 Å². The summed E-state index contributed by atoms with van der Waals surface area (Å²) in [7, 11) is 0. The lowest BCUT2D eigenvalue weighted by atomic mass is 10.1. The zero-order valence-corrected chi connectivity index (χ0v) is 11.7. The van der Waals surface area contributed by atoms with Gasteiger partial charge in [0.1, 0.15) is 11.5 Å². The molecule has 5 heteroatoms. The van der Waals surface area contributed by atoms with Crippen LogP contribution in [0.3, 0.4) is 0 Å². The van der Waals surface area contributed by atoms with Gasteiger partial charge in [-0.3, -0.25) is 9.48 Å². The fourth-order valence-corrected chi connectivity index (χ4v) is 2.04. The molecule has 0 atom stereocenters. The van der Waals surface area contributed by atoms with Crippen LogP contribution in [0.1, 0.15) is 28.7 Å². The lowest BCUT2D eigenvalue weighted by Crippen LogP contribution is -2.26. The maximum Gasteiger partial charge on any atom is 0.271 e. The first kappa shape index (κ1) is 14.2. The van der Waals surface area contributed by atoms with Gasteiger partial charge >= 0.3 is 0 Å². The average molecular weight is 275 g/mol. The molecule has 0 aliphatic carbocycles. The molecule has 0 aliphatic rings. The minimum Gasteiger partial charge on any atom is -0.350 e. The van der Waals surface area contributed by atoms with Crippen molar-refractivity contribution in [2.45, 2.75) is 26.8 Å². The van der Waals surface area contributed by atoms with E-state index in [9.17, 15) is 9.18 Å². The zero-order valence-electron chi connectivity index (χ0n) is 11.7. The molecule has 0 bridgehead atoms. The van der Waals surface area contributed by atoms with Crippen LogP contribution in [-0.4, -0.2) is 22.2 Å². The van der Waals surface area contributed by atoms with Gasteiger partial charge in [-0.15, -0.1) is 0 Å². The second-order valence-corrected chi connectivity index (χ2v) is 4.58. The Bertz CT molecular complexity index is 607. The number of rotatable bonds is 5. The van der Waals surface area contributed by atoms with E-state index >= 15 is 0 Å². The molecule has 0 radical (unpaired) electrons. The molecule has 2 rings (SSSR count). The number of aromatic nitrogens is 2. The molecule has 2 aromatic rings. The number of halogens is 1. The van der Waals surface area contributed by atoms with Crippen LogP contribution in [-0.2, 0) is 13.0 Å². The van der Waals surface area contributed by atoms with E-state index in [-0.39, 0.29) is 11.7 Å². The van der Waals surface area contributed by atoms with Crippen molar-refractivity contribution in [1.82, 2.24) is 15.1 Å². The fraction of sp³-hybridized carbons (Fsp3) is 0.333. The Morgan fingerprint density at radius 2 is 2.15 bits per heavy atom. The van der Waals surface area contributed by atoms with Crippen LogP contribution < -0.4 is 5.32 Å². The van der Waals surface area contributed by atoms with E-state index in [4.69, 9.17) is 0 Å². The number of benzene rings is 1. The van der Waals surface area contributed by atoms with Gasteiger partial charge in [-0.1, -0.05) is 18.2 Å². The predicted octanol–water partition coefficient (Wildman–Crippen LogP) is 2.32. The monoisotopic (exact) mass is 275 g/mol. The summed E-state index contributed by atoms with van der Waals surface area (Å²) in [5.74, 6) is -0.468. The molecule has 1 aromatic carbocycles. The van der Waals surface area contributed by atoms with Crippen molar-refractivity contribution in [2.24, 2.45) is 0 Å². The molecule has 0 unspecified atom stereocenters. The van der Waals surface area contributed by atoms with Crippen molar-refractivity contribution in [1.29, 1.82) is 0 Å². The topological polar surface area (TPSA) is 46.9 Å². The van der Waals surface area contributed by atoms with Crippen LogP contribution in [0.5, 0.6) is 0 Å². The number of carbonyl (C=O) groups is 1. The van der Waals surface area contributed by atoms with Crippen molar-refractivity contribution in [3.05, 3.63) is 53.1 Å². The van der Waals surface area contributed by atoms with E-state index in [1.807, 2.05) is 13.8 Å². The molecule has 0 aliphatic heterocycles. The molecule has 106 valence electrons. The van der Waals surface area contributed by atoms with E-state index in [0.717, 1.165) is 12.2 Å². The number of aryl methyl sites for hydroxylation is 2. The summed E-state index contributed by atoms with van der Waals surface area (Å²) < 4.78 is 15.2. The molecule has 0 fully saturated rings. The quantitative estimate of drug-likeness (QED) is 0.910. The highest BCUT2D eigenvalue weighted by Gasteiger charge is 2.11. The van der Waals surface area contributed by atoms with E-state index in [1.54, 1.807) is 28.9 Å². The van der Waals surface area contributed by atoms with Crippen molar-refractivity contribution in [2.75, 3.05) is 6.54 Å². The van der Waals surface area contributed by atoms with Gasteiger partial charge in [0, 0.05) is 18.8 Å². The van der Waals surface area contributed by atoms with Crippen LogP contribution in [0.2, 0.25) is 0 Å². The van der Waals surface area contributed by atoms with E-state index in [2.05, 4.69) is 10.4 Å². The summed E-state index contributed by atoms with van der Waals surface area (Å²) in [5.41, 5.74) is 1.95. The largest absolute Gasteiger partial charge is 0.350 e. The Kier molecular flexibility index (Phi) is 4.50. The van der Waals surface area contributed by atoms with Crippen LogP contribution in [0, 0.1) is 12.7 Å². The predicted molar refractivity (Wildman–Crippen MR) is 75.1 cm³/mol. The van der Waals surface area contributed by atoms with E-state index in [1.165, 1.54) is 6.07 Å². The summed E-state index contributed by atoms with van der Waals surface area (Å²) in [6, 6.07) is 8.33. The number of amides is 1.